The van der Waals surface area contributed by atoms with E-state index in [4.69, 9.17) is 5.11 Å². The van der Waals surface area contributed by atoms with Crippen molar-refractivity contribution in [1.29, 1.82) is 0 Å². The van der Waals surface area contributed by atoms with E-state index < -0.39 is 5.97 Å². The third-order valence-electron chi connectivity index (χ3n) is 3.29. The fourth-order valence-corrected chi connectivity index (χ4v) is 2.32. The van der Waals surface area contributed by atoms with Crippen LogP contribution in [0.5, 0.6) is 0 Å². The van der Waals surface area contributed by atoms with Crippen LogP contribution < -0.4 is 0 Å². The van der Waals surface area contributed by atoms with Crippen molar-refractivity contribution in [2.24, 2.45) is 0 Å². The van der Waals surface area contributed by atoms with Crippen molar-refractivity contribution in [3.63, 3.8) is 0 Å². The molecule has 0 aliphatic carbocycles. The summed E-state index contributed by atoms with van der Waals surface area (Å²) >= 11 is 0. The van der Waals surface area contributed by atoms with Gasteiger partial charge in [0.15, 0.2) is 0 Å². The van der Waals surface area contributed by atoms with Gasteiger partial charge in [0.05, 0.1) is 6.42 Å². The lowest BCUT2D eigenvalue weighted by Gasteiger charge is -2.31. The molecule has 0 radical (unpaired) electrons. The molecular formula is C12H18N2O2. The number of hydrogen-bond acceptors (Lipinski definition) is 2. The van der Waals surface area contributed by atoms with E-state index in [0.717, 1.165) is 25.9 Å². The average molecular weight is 222 g/mol. The Balaban J connectivity index is 1.76. The van der Waals surface area contributed by atoms with Gasteiger partial charge in [0.1, 0.15) is 0 Å². The molecule has 2 heterocycles. The van der Waals surface area contributed by atoms with E-state index in [0.29, 0.717) is 12.5 Å². The topological polar surface area (TPSA) is 56.3 Å². The van der Waals surface area contributed by atoms with Crippen molar-refractivity contribution in [3.8, 4) is 0 Å². The first kappa shape index (κ1) is 11.2. The van der Waals surface area contributed by atoms with Crippen LogP contribution >= 0.6 is 0 Å². The number of carboxylic acids is 1. The first-order chi connectivity index (χ1) is 7.75. The smallest absolute Gasteiger partial charge is 0.304 e. The normalized spacial score (nSPS) is 18.8. The molecule has 0 bridgehead atoms. The molecule has 0 atom stereocenters. The fraction of sp³-hybridized carbons (Fsp3) is 0.583. The van der Waals surface area contributed by atoms with E-state index >= 15 is 0 Å². The molecule has 1 aliphatic rings. The highest BCUT2D eigenvalue weighted by molar-refractivity contribution is 5.66. The lowest BCUT2D eigenvalue weighted by molar-refractivity contribution is -0.137. The number of carboxylic acid groups (broad SMARTS) is 1. The summed E-state index contributed by atoms with van der Waals surface area (Å²) in [6, 6.07) is 4.17. The lowest BCUT2D eigenvalue weighted by atomic mass is 9.93. The third kappa shape index (κ3) is 2.85. The zero-order valence-electron chi connectivity index (χ0n) is 9.35. The van der Waals surface area contributed by atoms with E-state index in [2.05, 4.69) is 16.0 Å². The Morgan fingerprint density at radius 2 is 2.25 bits per heavy atom. The van der Waals surface area contributed by atoms with Gasteiger partial charge in [-0.15, -0.1) is 0 Å². The molecule has 0 unspecified atom stereocenters. The molecule has 0 spiro atoms. The van der Waals surface area contributed by atoms with Gasteiger partial charge < -0.3 is 15.0 Å². The SMILES string of the molecule is O=C(O)CCN1CCC(c2ccc[nH]2)CC1. The van der Waals surface area contributed by atoms with Crippen LogP contribution in [0.4, 0.5) is 0 Å². The first-order valence-electron chi connectivity index (χ1n) is 5.83. The van der Waals surface area contributed by atoms with Gasteiger partial charge in [-0.3, -0.25) is 4.79 Å². The summed E-state index contributed by atoms with van der Waals surface area (Å²) in [7, 11) is 0. The van der Waals surface area contributed by atoms with Gasteiger partial charge >= 0.3 is 5.97 Å². The standard InChI is InChI=1S/C12H18N2O2/c15-12(16)5-9-14-7-3-10(4-8-14)11-2-1-6-13-11/h1-2,6,10,13H,3-5,7-9H2,(H,15,16). The molecule has 0 aromatic carbocycles. The maximum Gasteiger partial charge on any atom is 0.304 e. The van der Waals surface area contributed by atoms with Gasteiger partial charge in [0.2, 0.25) is 0 Å². The molecule has 1 aliphatic heterocycles. The highest BCUT2D eigenvalue weighted by Gasteiger charge is 2.21. The minimum atomic E-state index is -0.702. The minimum Gasteiger partial charge on any atom is -0.481 e. The van der Waals surface area contributed by atoms with Crippen LogP contribution in [0.2, 0.25) is 0 Å². The summed E-state index contributed by atoms with van der Waals surface area (Å²) in [6.07, 6.45) is 4.47. The molecule has 1 aromatic heterocycles. The number of aromatic nitrogens is 1. The van der Waals surface area contributed by atoms with E-state index in [1.54, 1.807) is 0 Å². The predicted octanol–water partition coefficient (Wildman–Crippen LogP) is 1.67. The zero-order valence-corrected chi connectivity index (χ0v) is 9.35. The largest absolute Gasteiger partial charge is 0.481 e. The van der Waals surface area contributed by atoms with Crippen LogP contribution in [0.15, 0.2) is 18.3 Å². The van der Waals surface area contributed by atoms with Crippen LogP contribution in [0.25, 0.3) is 0 Å². The molecule has 2 N–H and O–H groups in total. The number of aliphatic carboxylic acids is 1. The Morgan fingerprint density at radius 3 is 2.81 bits per heavy atom. The van der Waals surface area contributed by atoms with E-state index in [-0.39, 0.29) is 6.42 Å². The summed E-state index contributed by atoms with van der Waals surface area (Å²) in [5.41, 5.74) is 1.32. The highest BCUT2D eigenvalue weighted by Crippen LogP contribution is 2.26. The van der Waals surface area contributed by atoms with Crippen molar-refractivity contribution >= 4 is 5.97 Å². The lowest BCUT2D eigenvalue weighted by Crippen LogP contribution is -2.34. The maximum atomic E-state index is 10.5. The quantitative estimate of drug-likeness (QED) is 0.814. The second-order valence-electron chi connectivity index (χ2n) is 4.39. The zero-order chi connectivity index (χ0) is 11.4. The molecule has 16 heavy (non-hydrogen) atoms. The average Bonchev–Trinajstić information content (AvgIpc) is 2.80. The molecule has 0 saturated carbocycles. The van der Waals surface area contributed by atoms with Crippen molar-refractivity contribution in [3.05, 3.63) is 24.0 Å². The van der Waals surface area contributed by atoms with Crippen LogP contribution in [0.3, 0.4) is 0 Å². The molecule has 4 heteroatoms. The number of nitrogens with one attached hydrogen (secondary N) is 1. The number of carbonyl (C=O) groups is 1. The number of piperidine rings is 1. The monoisotopic (exact) mass is 222 g/mol. The number of nitrogens with zero attached hydrogens (tertiary/aromatic N) is 1. The van der Waals surface area contributed by atoms with Crippen molar-refractivity contribution < 1.29 is 9.90 Å². The Labute approximate surface area is 95.3 Å². The van der Waals surface area contributed by atoms with Gasteiger partial charge in [0.25, 0.3) is 0 Å². The Kier molecular flexibility index (Phi) is 3.62. The van der Waals surface area contributed by atoms with Gasteiger partial charge in [-0.1, -0.05) is 0 Å². The summed E-state index contributed by atoms with van der Waals surface area (Å²) in [4.78, 5) is 16.0. The van der Waals surface area contributed by atoms with Gasteiger partial charge in [-0.2, -0.15) is 0 Å². The van der Waals surface area contributed by atoms with Crippen LogP contribution in [-0.4, -0.2) is 40.6 Å². The summed E-state index contributed by atoms with van der Waals surface area (Å²) in [5, 5.41) is 8.61. The Morgan fingerprint density at radius 1 is 1.50 bits per heavy atom. The number of aromatic amines is 1. The van der Waals surface area contributed by atoms with Crippen LogP contribution in [0, 0.1) is 0 Å². The van der Waals surface area contributed by atoms with E-state index in [9.17, 15) is 4.79 Å². The van der Waals surface area contributed by atoms with Gasteiger partial charge in [0, 0.05) is 24.4 Å². The van der Waals surface area contributed by atoms with Gasteiger partial charge in [-0.25, -0.2) is 0 Å². The molecule has 88 valence electrons. The van der Waals surface area contributed by atoms with Crippen LogP contribution in [0.1, 0.15) is 30.9 Å². The van der Waals surface area contributed by atoms with Gasteiger partial charge in [-0.05, 0) is 38.1 Å². The third-order valence-corrected chi connectivity index (χ3v) is 3.29. The fourth-order valence-electron chi connectivity index (χ4n) is 2.32. The minimum absolute atomic E-state index is 0.257. The summed E-state index contributed by atoms with van der Waals surface area (Å²) in [5.74, 6) is -0.0810. The molecule has 1 saturated heterocycles. The van der Waals surface area contributed by atoms with Crippen molar-refractivity contribution in [2.45, 2.75) is 25.2 Å². The second kappa shape index (κ2) is 5.16. The predicted molar refractivity (Wildman–Crippen MR) is 61.5 cm³/mol. The molecule has 2 rings (SSSR count). The highest BCUT2D eigenvalue weighted by atomic mass is 16.4. The van der Waals surface area contributed by atoms with E-state index in [1.807, 2.05) is 12.3 Å². The number of rotatable bonds is 4. The van der Waals surface area contributed by atoms with Crippen molar-refractivity contribution in [1.82, 2.24) is 9.88 Å². The maximum absolute atomic E-state index is 10.5. The second-order valence-corrected chi connectivity index (χ2v) is 4.39. The Bertz CT molecular complexity index is 327. The number of likely N-dealkylation sites (tertiary alicyclic amines) is 1. The van der Waals surface area contributed by atoms with E-state index in [1.165, 1.54) is 5.69 Å². The molecule has 4 nitrogen and oxygen atoms in total. The van der Waals surface area contributed by atoms with Crippen LogP contribution in [-0.2, 0) is 4.79 Å². The van der Waals surface area contributed by atoms with Crippen molar-refractivity contribution in [2.75, 3.05) is 19.6 Å². The molecular weight excluding hydrogens is 204 g/mol. The molecule has 1 fully saturated rings. The first-order valence-corrected chi connectivity index (χ1v) is 5.83. The summed E-state index contributed by atoms with van der Waals surface area (Å²) in [6.45, 7) is 2.71. The molecule has 1 aromatic rings. The Hall–Kier alpha value is -1.29. The number of H-pyrrole nitrogens is 1. The molecule has 0 amide bonds. The number of hydrogen-bond donors (Lipinski definition) is 2. The summed E-state index contributed by atoms with van der Waals surface area (Å²) < 4.78 is 0.